The highest BCUT2D eigenvalue weighted by Crippen LogP contribution is 2.37. The predicted octanol–water partition coefficient (Wildman–Crippen LogP) is 2.27. The number of aromatic amines is 1. The summed E-state index contributed by atoms with van der Waals surface area (Å²) in [6.45, 7) is 2.41. The van der Waals surface area contributed by atoms with Crippen molar-refractivity contribution >= 4 is 27.5 Å². The molecule has 1 aliphatic rings. The summed E-state index contributed by atoms with van der Waals surface area (Å²) in [6.07, 6.45) is 2.08. The predicted molar refractivity (Wildman–Crippen MR) is 79.7 cm³/mol. The van der Waals surface area contributed by atoms with Gasteiger partial charge in [-0.05, 0) is 12.1 Å². The average molecular weight is 309 g/mol. The maximum absolute atomic E-state index is 12.7. The Balaban J connectivity index is 2.04. The van der Waals surface area contributed by atoms with E-state index in [2.05, 4.69) is 9.97 Å². The lowest BCUT2D eigenvalue weighted by Crippen LogP contribution is -2.35. The molecule has 2 heterocycles. The number of anilines is 1. The van der Waals surface area contributed by atoms with Crippen molar-refractivity contribution in [3.8, 4) is 0 Å². The van der Waals surface area contributed by atoms with Crippen LogP contribution in [0.5, 0.6) is 0 Å². The highest BCUT2D eigenvalue weighted by Gasteiger charge is 2.30. The minimum Gasteiger partial charge on any atom is -0.332 e. The van der Waals surface area contributed by atoms with E-state index in [0.29, 0.717) is 18.8 Å². The van der Waals surface area contributed by atoms with Crippen LogP contribution in [0, 0.1) is 0 Å². The van der Waals surface area contributed by atoms with Crippen LogP contribution < -0.4 is 4.31 Å². The molecule has 2 aromatic rings. The third-order valence-electron chi connectivity index (χ3n) is 3.19. The Morgan fingerprint density at radius 3 is 2.95 bits per heavy atom. The van der Waals surface area contributed by atoms with Crippen molar-refractivity contribution in [1.29, 1.82) is 0 Å². The Labute approximate surface area is 122 Å². The Morgan fingerprint density at radius 1 is 1.40 bits per heavy atom. The van der Waals surface area contributed by atoms with E-state index in [9.17, 15) is 8.42 Å². The van der Waals surface area contributed by atoms with Crippen molar-refractivity contribution in [1.82, 2.24) is 9.97 Å². The normalized spacial score (nSPS) is 15.2. The first-order chi connectivity index (χ1) is 9.63. The number of nitrogens with one attached hydrogen (secondary N) is 1. The molecular formula is C13H15N3O2S2. The SMILES string of the molecule is CCc1ncc(S(=O)(=O)N2CCSc3ccccc32)[nH]1. The summed E-state index contributed by atoms with van der Waals surface area (Å²) in [6, 6.07) is 7.58. The summed E-state index contributed by atoms with van der Waals surface area (Å²) in [5.41, 5.74) is 0.747. The fraction of sp³-hybridized carbons (Fsp3) is 0.308. The standard InChI is InChI=1S/C13H15N3O2S2/c1-2-12-14-9-13(15-12)20(17,18)16-7-8-19-11-6-4-3-5-10(11)16/h3-6,9H,2,7-8H2,1H3,(H,14,15). The Kier molecular flexibility index (Phi) is 3.47. The molecule has 5 nitrogen and oxygen atoms in total. The van der Waals surface area contributed by atoms with Crippen molar-refractivity contribution in [2.75, 3.05) is 16.6 Å². The molecule has 0 saturated carbocycles. The van der Waals surface area contributed by atoms with E-state index >= 15 is 0 Å². The molecule has 0 atom stereocenters. The number of hydrogen-bond donors (Lipinski definition) is 1. The molecule has 1 aliphatic heterocycles. The van der Waals surface area contributed by atoms with Crippen LogP contribution in [0.15, 0.2) is 40.4 Å². The Hall–Kier alpha value is -1.47. The van der Waals surface area contributed by atoms with Crippen molar-refractivity contribution in [3.05, 3.63) is 36.3 Å². The van der Waals surface area contributed by atoms with Gasteiger partial charge in [-0.2, -0.15) is 8.42 Å². The van der Waals surface area contributed by atoms with Crippen molar-refractivity contribution < 1.29 is 8.42 Å². The molecule has 1 N–H and O–H groups in total. The maximum Gasteiger partial charge on any atom is 0.281 e. The van der Waals surface area contributed by atoms with Gasteiger partial charge in [0.05, 0.1) is 11.9 Å². The Morgan fingerprint density at radius 2 is 2.20 bits per heavy atom. The second-order valence-corrected chi connectivity index (χ2v) is 7.41. The molecule has 1 aromatic heterocycles. The summed E-state index contributed by atoms with van der Waals surface area (Å²) in [5.74, 6) is 1.44. The number of imidazole rings is 1. The van der Waals surface area contributed by atoms with Crippen LogP contribution in [-0.2, 0) is 16.4 Å². The number of thioether (sulfide) groups is 1. The van der Waals surface area contributed by atoms with Gasteiger partial charge in [-0.25, -0.2) is 4.98 Å². The average Bonchev–Trinajstić information content (AvgIpc) is 2.96. The second-order valence-electron chi connectivity index (χ2n) is 4.44. The third-order valence-corrected chi connectivity index (χ3v) is 5.96. The lowest BCUT2D eigenvalue weighted by atomic mass is 10.3. The molecule has 20 heavy (non-hydrogen) atoms. The molecule has 106 valence electrons. The fourth-order valence-electron chi connectivity index (χ4n) is 2.17. The molecule has 0 bridgehead atoms. The molecule has 3 rings (SSSR count). The van der Waals surface area contributed by atoms with E-state index in [4.69, 9.17) is 0 Å². The zero-order chi connectivity index (χ0) is 14.2. The molecule has 0 aliphatic carbocycles. The summed E-state index contributed by atoms with van der Waals surface area (Å²) >= 11 is 1.68. The van der Waals surface area contributed by atoms with E-state index in [1.54, 1.807) is 11.8 Å². The van der Waals surface area contributed by atoms with Gasteiger partial charge >= 0.3 is 0 Å². The second kappa shape index (κ2) is 5.14. The van der Waals surface area contributed by atoms with Crippen LogP contribution in [0.2, 0.25) is 0 Å². The van der Waals surface area contributed by atoms with E-state index in [1.165, 1.54) is 10.5 Å². The largest absolute Gasteiger partial charge is 0.332 e. The maximum atomic E-state index is 12.7. The molecular weight excluding hydrogens is 294 g/mol. The number of nitrogens with zero attached hydrogens (tertiary/aromatic N) is 2. The van der Waals surface area contributed by atoms with Gasteiger partial charge in [0.2, 0.25) is 0 Å². The smallest absolute Gasteiger partial charge is 0.281 e. The number of sulfonamides is 1. The highest BCUT2D eigenvalue weighted by molar-refractivity contribution is 8.00. The number of rotatable bonds is 3. The minimum atomic E-state index is -3.56. The Bertz CT molecular complexity index is 725. The summed E-state index contributed by atoms with van der Waals surface area (Å²) in [5, 5.41) is 0.163. The van der Waals surface area contributed by atoms with Gasteiger partial charge in [0, 0.05) is 23.6 Å². The third kappa shape index (κ3) is 2.20. The van der Waals surface area contributed by atoms with E-state index in [1.807, 2.05) is 31.2 Å². The summed E-state index contributed by atoms with van der Waals surface area (Å²) in [4.78, 5) is 7.97. The van der Waals surface area contributed by atoms with Gasteiger partial charge in [0.25, 0.3) is 10.0 Å². The van der Waals surface area contributed by atoms with Gasteiger partial charge in [-0.1, -0.05) is 19.1 Å². The molecule has 0 spiro atoms. The topological polar surface area (TPSA) is 66.1 Å². The summed E-state index contributed by atoms with van der Waals surface area (Å²) in [7, 11) is -3.56. The first-order valence-electron chi connectivity index (χ1n) is 6.41. The number of aromatic nitrogens is 2. The number of aryl methyl sites for hydroxylation is 1. The van der Waals surface area contributed by atoms with Gasteiger partial charge in [-0.3, -0.25) is 4.31 Å². The van der Waals surface area contributed by atoms with E-state index in [0.717, 1.165) is 16.3 Å². The first kappa shape index (κ1) is 13.5. The van der Waals surface area contributed by atoms with Crippen LogP contribution in [0.4, 0.5) is 5.69 Å². The minimum absolute atomic E-state index is 0.163. The number of benzene rings is 1. The van der Waals surface area contributed by atoms with E-state index in [-0.39, 0.29) is 5.03 Å². The fourth-order valence-corrected chi connectivity index (χ4v) is 4.75. The molecule has 0 radical (unpaired) electrons. The number of fused-ring (bicyclic) bond motifs is 1. The van der Waals surface area contributed by atoms with Crippen LogP contribution in [0.1, 0.15) is 12.7 Å². The molecule has 0 saturated heterocycles. The van der Waals surface area contributed by atoms with Crippen LogP contribution >= 0.6 is 11.8 Å². The van der Waals surface area contributed by atoms with E-state index < -0.39 is 10.0 Å². The molecule has 0 fully saturated rings. The van der Waals surface area contributed by atoms with Gasteiger partial charge in [-0.15, -0.1) is 11.8 Å². The van der Waals surface area contributed by atoms with Gasteiger partial charge in [0.1, 0.15) is 5.82 Å². The molecule has 0 unspecified atom stereocenters. The number of H-pyrrole nitrogens is 1. The van der Waals surface area contributed by atoms with Crippen molar-refractivity contribution in [2.45, 2.75) is 23.3 Å². The molecule has 7 heteroatoms. The molecule has 0 amide bonds. The monoisotopic (exact) mass is 309 g/mol. The quantitative estimate of drug-likeness (QED) is 0.944. The van der Waals surface area contributed by atoms with Crippen molar-refractivity contribution in [2.24, 2.45) is 0 Å². The number of hydrogen-bond acceptors (Lipinski definition) is 4. The molecule has 1 aromatic carbocycles. The van der Waals surface area contributed by atoms with Crippen LogP contribution in [0.25, 0.3) is 0 Å². The zero-order valence-corrected chi connectivity index (χ0v) is 12.7. The van der Waals surface area contributed by atoms with Gasteiger partial charge in [0.15, 0.2) is 5.03 Å². The first-order valence-corrected chi connectivity index (χ1v) is 8.84. The van der Waals surface area contributed by atoms with Gasteiger partial charge < -0.3 is 4.98 Å². The van der Waals surface area contributed by atoms with Crippen molar-refractivity contribution in [3.63, 3.8) is 0 Å². The number of para-hydroxylation sites is 1. The lowest BCUT2D eigenvalue weighted by molar-refractivity contribution is 0.588. The highest BCUT2D eigenvalue weighted by atomic mass is 32.2. The van der Waals surface area contributed by atoms with Crippen LogP contribution in [0.3, 0.4) is 0 Å². The zero-order valence-electron chi connectivity index (χ0n) is 11.0. The summed E-state index contributed by atoms with van der Waals surface area (Å²) < 4.78 is 26.9. The lowest BCUT2D eigenvalue weighted by Gasteiger charge is -2.29. The van der Waals surface area contributed by atoms with Crippen LogP contribution in [-0.4, -0.2) is 30.7 Å².